The van der Waals surface area contributed by atoms with Crippen LogP contribution in [0.25, 0.3) is 0 Å². The molecule has 1 N–H and O–H groups in total. The summed E-state index contributed by atoms with van der Waals surface area (Å²) in [5, 5.41) is 18.0. The zero-order chi connectivity index (χ0) is 14.6. The quantitative estimate of drug-likeness (QED) is 0.896. The highest BCUT2D eigenvalue weighted by molar-refractivity contribution is 5.97. The van der Waals surface area contributed by atoms with E-state index in [1.165, 1.54) is 24.8 Å². The molecule has 0 saturated heterocycles. The molecule has 0 heterocycles. The van der Waals surface area contributed by atoms with Gasteiger partial charge in [0, 0.05) is 12.1 Å². The van der Waals surface area contributed by atoms with Gasteiger partial charge in [-0.25, -0.2) is 4.79 Å². The van der Waals surface area contributed by atoms with Crippen molar-refractivity contribution in [1.82, 2.24) is 4.90 Å². The molecule has 0 bridgehead atoms. The number of carbonyl (C=O) groups excluding carboxylic acids is 1. The normalized spacial score (nSPS) is 10.6. The first-order valence-corrected chi connectivity index (χ1v) is 5.90. The number of likely N-dealkylation sites (N-methyl/N-ethyl adjacent to an activating group) is 1. The molecule has 0 unspecified atom stereocenters. The summed E-state index contributed by atoms with van der Waals surface area (Å²) in [6.07, 6.45) is 0. The summed E-state index contributed by atoms with van der Waals surface area (Å²) in [4.78, 5) is 24.9. The molecule has 1 amide bonds. The first-order valence-electron chi connectivity index (χ1n) is 5.90. The fourth-order valence-electron chi connectivity index (χ4n) is 1.79. The van der Waals surface area contributed by atoms with E-state index in [4.69, 9.17) is 5.26 Å². The standard InChI is InChI=1S/C14H16N2O3/c1-4-16(14(2,3)13(18)19)12(17)11-7-5-6-10(8-11)9-15/h5-8H,4H2,1-3H3,(H,18,19). The number of nitriles is 1. The summed E-state index contributed by atoms with van der Waals surface area (Å²) in [5.41, 5.74) is -0.612. The number of carbonyl (C=O) groups is 2. The molecule has 1 aromatic rings. The number of amides is 1. The number of hydrogen-bond acceptors (Lipinski definition) is 3. The van der Waals surface area contributed by atoms with E-state index < -0.39 is 17.4 Å². The third-order valence-electron chi connectivity index (χ3n) is 3.00. The van der Waals surface area contributed by atoms with Crippen molar-refractivity contribution in [2.75, 3.05) is 6.54 Å². The van der Waals surface area contributed by atoms with Crippen LogP contribution in [-0.2, 0) is 4.79 Å². The second kappa shape index (κ2) is 5.53. The van der Waals surface area contributed by atoms with Gasteiger partial charge in [0.25, 0.3) is 5.91 Å². The van der Waals surface area contributed by atoms with Crippen LogP contribution in [-0.4, -0.2) is 34.0 Å². The Bertz CT molecular complexity index is 544. The highest BCUT2D eigenvalue weighted by Crippen LogP contribution is 2.18. The number of aliphatic carboxylic acids is 1. The van der Waals surface area contributed by atoms with Gasteiger partial charge in [0.1, 0.15) is 5.54 Å². The zero-order valence-corrected chi connectivity index (χ0v) is 11.2. The number of rotatable bonds is 4. The minimum atomic E-state index is -1.30. The Morgan fingerprint density at radius 1 is 1.42 bits per heavy atom. The van der Waals surface area contributed by atoms with Crippen molar-refractivity contribution < 1.29 is 14.7 Å². The lowest BCUT2D eigenvalue weighted by atomic mass is 10.0. The number of carboxylic acids is 1. The summed E-state index contributed by atoms with van der Waals surface area (Å²) in [6, 6.07) is 8.19. The molecule has 100 valence electrons. The molecule has 5 nitrogen and oxygen atoms in total. The Hall–Kier alpha value is -2.35. The summed E-state index contributed by atoms with van der Waals surface area (Å²) < 4.78 is 0. The SMILES string of the molecule is CCN(C(=O)c1cccc(C#N)c1)C(C)(C)C(=O)O. The van der Waals surface area contributed by atoms with E-state index in [0.29, 0.717) is 11.1 Å². The first-order chi connectivity index (χ1) is 8.84. The van der Waals surface area contributed by atoms with Gasteiger partial charge in [-0.2, -0.15) is 5.26 Å². The lowest BCUT2D eigenvalue weighted by Gasteiger charge is -2.34. The lowest BCUT2D eigenvalue weighted by Crippen LogP contribution is -2.52. The highest BCUT2D eigenvalue weighted by atomic mass is 16.4. The monoisotopic (exact) mass is 260 g/mol. The van der Waals surface area contributed by atoms with Crippen LogP contribution in [0.1, 0.15) is 36.7 Å². The zero-order valence-electron chi connectivity index (χ0n) is 11.2. The Kier molecular flexibility index (Phi) is 4.28. The van der Waals surface area contributed by atoms with Crippen LogP contribution >= 0.6 is 0 Å². The van der Waals surface area contributed by atoms with Crippen molar-refractivity contribution in [3.8, 4) is 6.07 Å². The van der Waals surface area contributed by atoms with Crippen LogP contribution in [0, 0.1) is 11.3 Å². The maximum Gasteiger partial charge on any atom is 0.329 e. The molecule has 0 atom stereocenters. The molecule has 0 aliphatic heterocycles. The predicted octanol–water partition coefficient (Wildman–Crippen LogP) is 1.88. The minimum absolute atomic E-state index is 0.273. The molecule has 0 aliphatic carbocycles. The van der Waals surface area contributed by atoms with Gasteiger partial charge in [-0.05, 0) is 39.0 Å². The van der Waals surface area contributed by atoms with Crippen molar-refractivity contribution in [3.63, 3.8) is 0 Å². The van der Waals surface area contributed by atoms with E-state index in [9.17, 15) is 14.7 Å². The van der Waals surface area contributed by atoms with E-state index in [1.807, 2.05) is 6.07 Å². The van der Waals surface area contributed by atoms with Gasteiger partial charge in [-0.3, -0.25) is 4.79 Å². The molecule has 1 aromatic carbocycles. The summed E-state index contributed by atoms with van der Waals surface area (Å²) in [6.45, 7) is 4.95. The van der Waals surface area contributed by atoms with Gasteiger partial charge >= 0.3 is 5.97 Å². The van der Waals surface area contributed by atoms with E-state index in [0.717, 1.165) is 0 Å². The van der Waals surface area contributed by atoms with Crippen LogP contribution < -0.4 is 0 Å². The molecule has 19 heavy (non-hydrogen) atoms. The van der Waals surface area contributed by atoms with E-state index in [-0.39, 0.29) is 6.54 Å². The molecule has 0 fully saturated rings. The molecule has 0 radical (unpaired) electrons. The van der Waals surface area contributed by atoms with Gasteiger partial charge in [-0.1, -0.05) is 6.07 Å². The highest BCUT2D eigenvalue weighted by Gasteiger charge is 2.37. The largest absolute Gasteiger partial charge is 0.480 e. The van der Waals surface area contributed by atoms with E-state index in [2.05, 4.69) is 0 Å². The van der Waals surface area contributed by atoms with Crippen molar-refractivity contribution in [3.05, 3.63) is 35.4 Å². The number of carboxylic acid groups (broad SMARTS) is 1. The van der Waals surface area contributed by atoms with E-state index in [1.54, 1.807) is 25.1 Å². The van der Waals surface area contributed by atoms with Gasteiger partial charge < -0.3 is 10.0 Å². The predicted molar refractivity (Wildman–Crippen MR) is 69.6 cm³/mol. The van der Waals surface area contributed by atoms with Gasteiger partial charge in [0.05, 0.1) is 11.6 Å². The van der Waals surface area contributed by atoms with Crippen LogP contribution in [0.5, 0.6) is 0 Å². The molecule has 0 saturated carbocycles. The fraction of sp³-hybridized carbons (Fsp3) is 0.357. The van der Waals surface area contributed by atoms with E-state index >= 15 is 0 Å². The first kappa shape index (κ1) is 14.7. The molecule has 5 heteroatoms. The molecule has 0 aromatic heterocycles. The van der Waals surface area contributed by atoms with Crippen LogP contribution in [0.2, 0.25) is 0 Å². The maximum absolute atomic E-state index is 12.3. The average Bonchev–Trinajstić information content (AvgIpc) is 2.39. The molecule has 0 spiro atoms. The summed E-state index contributed by atoms with van der Waals surface area (Å²) >= 11 is 0. The Balaban J connectivity index is 3.16. The smallest absolute Gasteiger partial charge is 0.329 e. The minimum Gasteiger partial charge on any atom is -0.480 e. The maximum atomic E-state index is 12.3. The fourth-order valence-corrected chi connectivity index (χ4v) is 1.79. The Morgan fingerprint density at radius 3 is 2.53 bits per heavy atom. The molecule has 0 aliphatic rings. The molecular weight excluding hydrogens is 244 g/mol. The summed E-state index contributed by atoms with van der Waals surface area (Å²) in [7, 11) is 0. The van der Waals surface area contributed by atoms with Crippen molar-refractivity contribution in [2.45, 2.75) is 26.3 Å². The topological polar surface area (TPSA) is 81.4 Å². The van der Waals surface area contributed by atoms with Crippen molar-refractivity contribution in [1.29, 1.82) is 5.26 Å². The Morgan fingerprint density at radius 2 is 2.05 bits per heavy atom. The van der Waals surface area contributed by atoms with Gasteiger partial charge in [-0.15, -0.1) is 0 Å². The Labute approximate surface area is 112 Å². The van der Waals surface area contributed by atoms with Crippen LogP contribution in [0.3, 0.4) is 0 Å². The number of benzene rings is 1. The second-order valence-electron chi connectivity index (χ2n) is 4.61. The molecular formula is C14H16N2O3. The number of hydrogen-bond donors (Lipinski definition) is 1. The van der Waals surface area contributed by atoms with Crippen LogP contribution in [0.4, 0.5) is 0 Å². The number of nitrogens with zero attached hydrogens (tertiary/aromatic N) is 2. The third kappa shape index (κ3) is 2.91. The average molecular weight is 260 g/mol. The van der Waals surface area contributed by atoms with Gasteiger partial charge in [0.2, 0.25) is 0 Å². The van der Waals surface area contributed by atoms with Crippen molar-refractivity contribution >= 4 is 11.9 Å². The van der Waals surface area contributed by atoms with Crippen molar-refractivity contribution in [2.24, 2.45) is 0 Å². The summed E-state index contributed by atoms with van der Waals surface area (Å²) in [5.74, 6) is -1.47. The van der Waals surface area contributed by atoms with Gasteiger partial charge in [0.15, 0.2) is 0 Å². The third-order valence-corrected chi connectivity index (χ3v) is 3.00. The second-order valence-corrected chi connectivity index (χ2v) is 4.61. The molecule has 1 rings (SSSR count). The van der Waals surface area contributed by atoms with Crippen LogP contribution in [0.15, 0.2) is 24.3 Å². The lowest BCUT2D eigenvalue weighted by molar-refractivity contribution is -0.147.